The highest BCUT2D eigenvalue weighted by molar-refractivity contribution is 6.30. The molecule has 0 radical (unpaired) electrons. The number of fused-ring (bicyclic) bond motifs is 6. The van der Waals surface area contributed by atoms with Crippen molar-refractivity contribution in [3.63, 3.8) is 0 Å². The Morgan fingerprint density at radius 1 is 0.492 bits per heavy atom. The molecule has 7 aromatic carbocycles. The zero-order chi connectivity index (χ0) is 38.6. The van der Waals surface area contributed by atoms with Gasteiger partial charge in [0.1, 0.15) is 17.2 Å². The van der Waals surface area contributed by atoms with Crippen molar-refractivity contribution in [2.75, 3.05) is 0 Å². The van der Waals surface area contributed by atoms with Gasteiger partial charge in [0, 0.05) is 55.0 Å². The van der Waals surface area contributed by atoms with E-state index in [4.69, 9.17) is 24.4 Å². The van der Waals surface area contributed by atoms with Gasteiger partial charge in [0.2, 0.25) is 0 Å². The van der Waals surface area contributed by atoms with E-state index in [-0.39, 0.29) is 0 Å². The largest absolute Gasteiger partial charge is 0.456 e. The predicted molar refractivity (Wildman–Crippen MR) is 238 cm³/mol. The lowest BCUT2D eigenvalue weighted by Gasteiger charge is -2.11. The number of para-hydroxylation sites is 1. The molecular formula is C52H32N6O. The summed E-state index contributed by atoms with van der Waals surface area (Å²) in [6.07, 6.45) is 6.22. The van der Waals surface area contributed by atoms with E-state index < -0.39 is 0 Å². The summed E-state index contributed by atoms with van der Waals surface area (Å²) in [5.74, 6) is 3.75. The summed E-state index contributed by atoms with van der Waals surface area (Å²) in [5, 5.41) is 5.94. The van der Waals surface area contributed by atoms with Crippen LogP contribution in [0.4, 0.5) is 0 Å². The van der Waals surface area contributed by atoms with Crippen molar-refractivity contribution in [3.05, 3.63) is 175 Å². The fourth-order valence-electron chi connectivity index (χ4n) is 9.35. The van der Waals surface area contributed by atoms with Crippen molar-refractivity contribution in [2.24, 2.45) is 0 Å². The van der Waals surface area contributed by atoms with Gasteiger partial charge in [-0.15, -0.1) is 0 Å². The molecule has 59 heavy (non-hydrogen) atoms. The van der Waals surface area contributed by atoms with Crippen molar-refractivity contribution in [1.82, 2.24) is 28.9 Å². The number of imidazole rings is 1. The van der Waals surface area contributed by atoms with Gasteiger partial charge in [-0.05, 0) is 91.0 Å². The van der Waals surface area contributed by atoms with Gasteiger partial charge in [-0.3, -0.25) is 4.40 Å². The second-order valence-electron chi connectivity index (χ2n) is 15.3. The van der Waals surface area contributed by atoms with E-state index in [1.165, 1.54) is 27.1 Å². The maximum atomic E-state index is 6.19. The van der Waals surface area contributed by atoms with Crippen LogP contribution in [-0.2, 0) is 6.42 Å². The van der Waals surface area contributed by atoms with Gasteiger partial charge in [0.25, 0.3) is 0 Å². The summed E-state index contributed by atoms with van der Waals surface area (Å²) in [4.78, 5) is 20.5. The van der Waals surface area contributed by atoms with Crippen molar-refractivity contribution in [2.45, 2.75) is 12.8 Å². The average Bonchev–Trinajstić information content (AvgIpc) is 3.96. The molecule has 5 aromatic heterocycles. The highest BCUT2D eigenvalue weighted by Gasteiger charge is 2.24. The fraction of sp³-hybridized carbons (Fsp3) is 0.0385. The van der Waals surface area contributed by atoms with Gasteiger partial charge in [0.05, 0.1) is 27.6 Å². The minimum absolute atomic E-state index is 0.618. The Morgan fingerprint density at radius 3 is 1.97 bits per heavy atom. The summed E-state index contributed by atoms with van der Waals surface area (Å²) in [5.41, 5.74) is 12.5. The quantitative estimate of drug-likeness (QED) is 0.175. The number of benzene rings is 7. The Balaban J connectivity index is 1.00. The van der Waals surface area contributed by atoms with Crippen LogP contribution in [0.5, 0.6) is 0 Å². The van der Waals surface area contributed by atoms with Crippen LogP contribution >= 0.6 is 0 Å². The third kappa shape index (κ3) is 4.76. The van der Waals surface area contributed by atoms with E-state index in [1.807, 2.05) is 42.5 Å². The lowest BCUT2D eigenvalue weighted by molar-refractivity contribution is 0.595. The van der Waals surface area contributed by atoms with Crippen molar-refractivity contribution < 1.29 is 4.42 Å². The number of hydrogen-bond donors (Lipinski definition) is 0. The lowest BCUT2D eigenvalue weighted by Crippen LogP contribution is -2.00. The van der Waals surface area contributed by atoms with E-state index in [2.05, 4.69) is 136 Å². The number of allylic oxidation sites excluding steroid dienone is 1. The van der Waals surface area contributed by atoms with E-state index in [0.29, 0.717) is 17.5 Å². The molecule has 0 saturated heterocycles. The van der Waals surface area contributed by atoms with Crippen LogP contribution in [0.15, 0.2) is 168 Å². The normalized spacial score (nSPS) is 12.9. The van der Waals surface area contributed by atoms with E-state index in [1.54, 1.807) is 0 Å². The smallest absolute Gasteiger partial charge is 0.164 e. The molecule has 1 aliphatic rings. The summed E-state index contributed by atoms with van der Waals surface area (Å²) in [6, 6.07) is 55.3. The molecule has 7 heteroatoms. The Hall–Kier alpha value is -7.90. The Morgan fingerprint density at radius 2 is 1.15 bits per heavy atom. The summed E-state index contributed by atoms with van der Waals surface area (Å²) in [7, 11) is 0. The molecule has 13 rings (SSSR count). The van der Waals surface area contributed by atoms with Crippen LogP contribution in [0.2, 0.25) is 0 Å². The van der Waals surface area contributed by atoms with Crippen LogP contribution in [0.3, 0.4) is 0 Å². The second kappa shape index (κ2) is 12.3. The number of aryl methyl sites for hydroxylation is 1. The Bertz CT molecular complexity index is 3650. The molecule has 0 N–H and O–H groups in total. The van der Waals surface area contributed by atoms with Crippen LogP contribution in [0.25, 0.3) is 117 Å². The maximum Gasteiger partial charge on any atom is 0.164 e. The highest BCUT2D eigenvalue weighted by atomic mass is 16.3. The first-order chi connectivity index (χ1) is 29.2. The standard InChI is InChI=1S/C52H32N6O/c1-3-12-31(13-4-1)49-54-50(56-51(55-49)34-24-29-45-39(30-34)37-17-8-10-21-44(37)59-45)32-22-25-35(26-23-32)57-42-20-11-18-38-36-16-7-9-19-41(36)58-48-40(27-28-43(57)47(48)46(38)42)53-52(58)33-14-5-2-6-15-33/h1-7,9-16,18-30H,8,17H2. The lowest BCUT2D eigenvalue weighted by atomic mass is 10.00. The predicted octanol–water partition coefficient (Wildman–Crippen LogP) is 12.7. The summed E-state index contributed by atoms with van der Waals surface area (Å²) < 4.78 is 10.9. The molecule has 0 fully saturated rings. The number of rotatable bonds is 5. The molecule has 276 valence electrons. The third-order valence-corrected chi connectivity index (χ3v) is 12.0. The molecule has 0 aliphatic heterocycles. The number of furan rings is 1. The van der Waals surface area contributed by atoms with Gasteiger partial charge in [-0.1, -0.05) is 97.1 Å². The van der Waals surface area contributed by atoms with Crippen LogP contribution in [0.1, 0.15) is 17.7 Å². The van der Waals surface area contributed by atoms with Crippen LogP contribution < -0.4 is 0 Å². The van der Waals surface area contributed by atoms with Crippen molar-refractivity contribution in [1.29, 1.82) is 0 Å². The molecule has 0 spiro atoms. The van der Waals surface area contributed by atoms with E-state index in [0.717, 1.165) is 90.9 Å². The number of nitrogens with zero attached hydrogens (tertiary/aromatic N) is 6. The zero-order valence-electron chi connectivity index (χ0n) is 31.7. The van der Waals surface area contributed by atoms with E-state index >= 15 is 0 Å². The average molecular weight is 757 g/mol. The summed E-state index contributed by atoms with van der Waals surface area (Å²) >= 11 is 0. The maximum absolute atomic E-state index is 6.19. The fourth-order valence-corrected chi connectivity index (χ4v) is 9.35. The molecule has 0 amide bonds. The molecule has 7 nitrogen and oxygen atoms in total. The van der Waals surface area contributed by atoms with Crippen molar-refractivity contribution in [3.8, 4) is 51.2 Å². The molecule has 0 saturated carbocycles. The first kappa shape index (κ1) is 32.2. The van der Waals surface area contributed by atoms with Gasteiger partial charge < -0.3 is 8.98 Å². The topological polar surface area (TPSA) is 74.0 Å². The molecule has 5 heterocycles. The molecule has 1 aliphatic carbocycles. The summed E-state index contributed by atoms with van der Waals surface area (Å²) in [6.45, 7) is 0. The molecule has 0 atom stereocenters. The molecular weight excluding hydrogens is 725 g/mol. The molecule has 0 bridgehead atoms. The first-order valence-electron chi connectivity index (χ1n) is 20.0. The van der Waals surface area contributed by atoms with Gasteiger partial charge in [-0.25, -0.2) is 19.9 Å². The Kier molecular flexibility index (Phi) is 6.71. The van der Waals surface area contributed by atoms with Gasteiger partial charge in [0.15, 0.2) is 17.5 Å². The van der Waals surface area contributed by atoms with Crippen molar-refractivity contribution >= 4 is 66.2 Å². The Labute approximate surface area is 337 Å². The first-order valence-corrected chi connectivity index (χ1v) is 20.0. The van der Waals surface area contributed by atoms with Gasteiger partial charge >= 0.3 is 0 Å². The molecule has 0 unspecified atom stereocenters. The molecule has 12 aromatic rings. The van der Waals surface area contributed by atoms with Crippen LogP contribution in [-0.4, -0.2) is 28.9 Å². The second-order valence-corrected chi connectivity index (χ2v) is 15.3. The monoisotopic (exact) mass is 756 g/mol. The van der Waals surface area contributed by atoms with Crippen LogP contribution in [0, 0.1) is 0 Å². The minimum Gasteiger partial charge on any atom is -0.456 e. The number of aromatic nitrogens is 6. The minimum atomic E-state index is 0.618. The third-order valence-electron chi connectivity index (χ3n) is 12.0. The zero-order valence-corrected chi connectivity index (χ0v) is 31.7. The number of hydrogen-bond acceptors (Lipinski definition) is 5. The SMILES string of the molecule is C1=Cc2oc3ccc(-c4nc(-c5ccccc5)nc(-c5ccc(-n6c7cccc8c9ccccc9n9c(-c%10ccccc%10)nc%10ccc6c(c87)c%109)cc5)n4)cc3c2CC1. The van der Waals surface area contributed by atoms with E-state index in [9.17, 15) is 0 Å². The highest BCUT2D eigenvalue weighted by Crippen LogP contribution is 2.44. The van der Waals surface area contributed by atoms with Gasteiger partial charge in [-0.2, -0.15) is 0 Å².